The summed E-state index contributed by atoms with van der Waals surface area (Å²) in [5.41, 5.74) is 4.02. The van der Waals surface area contributed by atoms with E-state index in [1.165, 1.54) is 26.4 Å². The van der Waals surface area contributed by atoms with Gasteiger partial charge in [0.25, 0.3) is 10.0 Å². The van der Waals surface area contributed by atoms with Crippen LogP contribution in [0.15, 0.2) is 102 Å². The number of carbonyl (C=O) groups is 1. The van der Waals surface area contributed by atoms with Crippen molar-refractivity contribution in [2.24, 2.45) is 0 Å². The normalized spacial score (nSPS) is 11.9. The van der Waals surface area contributed by atoms with Gasteiger partial charge in [-0.05, 0) is 54.8 Å². The molecule has 0 heterocycles. The van der Waals surface area contributed by atoms with Crippen molar-refractivity contribution in [2.45, 2.75) is 24.8 Å². The Kier molecular flexibility index (Phi) is 8.56. The SMILES string of the molecule is COc1ccc(N(CC(=O)N[C@H](c2ccccc2)c2ccccc2C)S(=O)(=O)c2ccc(C)cc2)cc1OC. The van der Waals surface area contributed by atoms with E-state index in [9.17, 15) is 13.2 Å². The van der Waals surface area contributed by atoms with Gasteiger partial charge in [-0.1, -0.05) is 72.3 Å². The van der Waals surface area contributed by atoms with Gasteiger partial charge in [-0.3, -0.25) is 9.10 Å². The van der Waals surface area contributed by atoms with Gasteiger partial charge in [0.1, 0.15) is 6.54 Å². The summed E-state index contributed by atoms with van der Waals surface area (Å²) < 4.78 is 39.6. The second-order valence-corrected chi connectivity index (χ2v) is 11.0. The summed E-state index contributed by atoms with van der Waals surface area (Å²) in [6.45, 7) is 3.42. The minimum atomic E-state index is -4.11. The fourth-order valence-corrected chi connectivity index (χ4v) is 5.78. The number of methoxy groups -OCH3 is 2. The van der Waals surface area contributed by atoms with Crippen molar-refractivity contribution in [1.29, 1.82) is 0 Å². The molecule has 1 atom stereocenters. The second-order valence-electron chi connectivity index (χ2n) is 9.13. The first-order valence-electron chi connectivity index (χ1n) is 12.5. The number of benzene rings is 4. The van der Waals surface area contributed by atoms with E-state index in [0.29, 0.717) is 11.5 Å². The van der Waals surface area contributed by atoms with Crippen molar-refractivity contribution in [2.75, 3.05) is 25.1 Å². The van der Waals surface area contributed by atoms with E-state index in [-0.39, 0.29) is 10.6 Å². The predicted molar refractivity (Wildman–Crippen MR) is 153 cm³/mol. The maximum atomic E-state index is 13.9. The highest BCUT2D eigenvalue weighted by Crippen LogP contribution is 2.34. The first-order valence-corrected chi connectivity index (χ1v) is 13.9. The predicted octanol–water partition coefficient (Wildman–Crippen LogP) is 5.42. The molecule has 0 radical (unpaired) electrons. The number of amides is 1. The van der Waals surface area contributed by atoms with E-state index < -0.39 is 28.5 Å². The summed E-state index contributed by atoms with van der Waals surface area (Å²) in [6.07, 6.45) is 0. The van der Waals surface area contributed by atoms with E-state index in [0.717, 1.165) is 26.6 Å². The molecule has 1 amide bonds. The standard InChI is InChI=1S/C31H32N2O5S/c1-22-14-17-26(18-15-22)39(35,36)33(25-16-19-28(37-3)29(20-25)38-4)21-30(34)32-31(24-11-6-5-7-12-24)27-13-9-8-10-23(27)2/h5-20,31H,21H2,1-4H3,(H,32,34)/t31-/m1/s1. The molecule has 39 heavy (non-hydrogen) atoms. The molecule has 202 valence electrons. The molecule has 0 spiro atoms. The minimum Gasteiger partial charge on any atom is -0.493 e. The quantitative estimate of drug-likeness (QED) is 0.288. The minimum absolute atomic E-state index is 0.0780. The van der Waals surface area contributed by atoms with Gasteiger partial charge in [-0.15, -0.1) is 0 Å². The molecular formula is C31H32N2O5S. The molecule has 4 rings (SSSR count). The monoisotopic (exact) mass is 544 g/mol. The van der Waals surface area contributed by atoms with Crippen LogP contribution in [0.5, 0.6) is 11.5 Å². The van der Waals surface area contributed by atoms with Crippen LogP contribution in [0.2, 0.25) is 0 Å². The topological polar surface area (TPSA) is 84.9 Å². The Bertz CT molecular complexity index is 1540. The zero-order valence-corrected chi connectivity index (χ0v) is 23.2. The maximum Gasteiger partial charge on any atom is 0.264 e. The van der Waals surface area contributed by atoms with Gasteiger partial charge < -0.3 is 14.8 Å². The molecule has 0 unspecified atom stereocenters. The Hall–Kier alpha value is -4.30. The van der Waals surface area contributed by atoms with Crippen molar-refractivity contribution in [3.05, 3.63) is 119 Å². The number of nitrogens with one attached hydrogen (secondary N) is 1. The molecule has 7 nitrogen and oxygen atoms in total. The summed E-state index contributed by atoms with van der Waals surface area (Å²) in [6, 6.07) is 28.2. The third-order valence-corrected chi connectivity index (χ3v) is 8.28. The second kappa shape index (κ2) is 12.0. The summed E-state index contributed by atoms with van der Waals surface area (Å²) in [4.78, 5) is 13.7. The average molecular weight is 545 g/mol. The number of aryl methyl sites for hydroxylation is 2. The van der Waals surface area contributed by atoms with Gasteiger partial charge in [0.2, 0.25) is 5.91 Å². The highest BCUT2D eigenvalue weighted by atomic mass is 32.2. The van der Waals surface area contributed by atoms with Crippen molar-refractivity contribution in [3.8, 4) is 11.5 Å². The lowest BCUT2D eigenvalue weighted by Gasteiger charge is -2.27. The fraction of sp³-hybridized carbons (Fsp3) is 0.194. The Labute approximate surface area is 230 Å². The first kappa shape index (κ1) is 27.7. The average Bonchev–Trinajstić information content (AvgIpc) is 2.95. The van der Waals surface area contributed by atoms with Crippen molar-refractivity contribution in [3.63, 3.8) is 0 Å². The number of sulfonamides is 1. The van der Waals surface area contributed by atoms with Crippen LogP contribution in [-0.2, 0) is 14.8 Å². The molecule has 0 aromatic heterocycles. The van der Waals surface area contributed by atoms with Crippen LogP contribution in [0, 0.1) is 13.8 Å². The highest BCUT2D eigenvalue weighted by Gasteiger charge is 2.29. The van der Waals surface area contributed by atoms with Crippen LogP contribution in [-0.4, -0.2) is 35.1 Å². The lowest BCUT2D eigenvalue weighted by molar-refractivity contribution is -0.120. The molecule has 0 saturated carbocycles. The largest absolute Gasteiger partial charge is 0.493 e. The van der Waals surface area contributed by atoms with Gasteiger partial charge in [-0.25, -0.2) is 8.42 Å². The summed E-state index contributed by atoms with van der Waals surface area (Å²) in [5.74, 6) is 0.334. The Morgan fingerprint density at radius 1 is 0.821 bits per heavy atom. The van der Waals surface area contributed by atoms with Gasteiger partial charge in [0.15, 0.2) is 11.5 Å². The van der Waals surface area contributed by atoms with Crippen molar-refractivity contribution in [1.82, 2.24) is 5.32 Å². The van der Waals surface area contributed by atoms with Gasteiger partial charge in [-0.2, -0.15) is 0 Å². The van der Waals surface area contributed by atoms with Crippen LogP contribution in [0.25, 0.3) is 0 Å². The molecule has 0 fully saturated rings. The number of carbonyl (C=O) groups excluding carboxylic acids is 1. The van der Waals surface area contributed by atoms with Crippen molar-refractivity contribution < 1.29 is 22.7 Å². The van der Waals surface area contributed by atoms with Gasteiger partial charge in [0, 0.05) is 6.07 Å². The van der Waals surface area contributed by atoms with Crippen LogP contribution < -0.4 is 19.1 Å². The van der Waals surface area contributed by atoms with E-state index in [4.69, 9.17) is 9.47 Å². The molecule has 8 heteroatoms. The lowest BCUT2D eigenvalue weighted by atomic mass is 9.95. The Morgan fingerprint density at radius 3 is 2.10 bits per heavy atom. The number of ether oxygens (including phenoxy) is 2. The van der Waals surface area contributed by atoms with E-state index in [1.807, 2.05) is 68.4 Å². The molecule has 0 aliphatic heterocycles. The Balaban J connectivity index is 1.74. The number of hydrogen-bond acceptors (Lipinski definition) is 5. The first-order chi connectivity index (χ1) is 18.7. The molecule has 4 aromatic rings. The van der Waals surface area contributed by atoms with Crippen LogP contribution in [0.3, 0.4) is 0 Å². The molecule has 4 aromatic carbocycles. The van der Waals surface area contributed by atoms with Crippen LogP contribution in [0.1, 0.15) is 28.3 Å². The van der Waals surface area contributed by atoms with Crippen LogP contribution in [0.4, 0.5) is 5.69 Å². The smallest absolute Gasteiger partial charge is 0.264 e. The number of anilines is 1. The van der Waals surface area contributed by atoms with Gasteiger partial charge in [0.05, 0.1) is 30.8 Å². The van der Waals surface area contributed by atoms with E-state index in [2.05, 4.69) is 5.32 Å². The maximum absolute atomic E-state index is 13.9. The third-order valence-electron chi connectivity index (χ3n) is 6.49. The Morgan fingerprint density at radius 2 is 1.46 bits per heavy atom. The molecule has 0 bridgehead atoms. The van der Waals surface area contributed by atoms with Crippen LogP contribution >= 0.6 is 0 Å². The number of nitrogens with zero attached hydrogens (tertiary/aromatic N) is 1. The van der Waals surface area contributed by atoms with Gasteiger partial charge >= 0.3 is 0 Å². The number of rotatable bonds is 10. The lowest BCUT2D eigenvalue weighted by Crippen LogP contribution is -2.42. The number of hydrogen-bond donors (Lipinski definition) is 1. The summed E-state index contributed by atoms with van der Waals surface area (Å²) in [5, 5.41) is 3.07. The zero-order chi connectivity index (χ0) is 28.0. The molecule has 1 N–H and O–H groups in total. The summed E-state index contributed by atoms with van der Waals surface area (Å²) >= 11 is 0. The zero-order valence-electron chi connectivity index (χ0n) is 22.4. The van der Waals surface area contributed by atoms with Crippen molar-refractivity contribution >= 4 is 21.6 Å². The molecule has 0 aliphatic rings. The van der Waals surface area contributed by atoms with E-state index >= 15 is 0 Å². The molecule has 0 aliphatic carbocycles. The van der Waals surface area contributed by atoms with E-state index in [1.54, 1.807) is 30.3 Å². The highest BCUT2D eigenvalue weighted by molar-refractivity contribution is 7.92. The molecule has 0 saturated heterocycles. The third kappa shape index (κ3) is 6.23. The molecular weight excluding hydrogens is 512 g/mol. The fourth-order valence-electron chi connectivity index (χ4n) is 4.37. The summed E-state index contributed by atoms with van der Waals surface area (Å²) in [7, 11) is -1.13.